The van der Waals surface area contributed by atoms with Crippen molar-refractivity contribution in [2.24, 2.45) is 29.2 Å². The van der Waals surface area contributed by atoms with Gasteiger partial charge in [-0.1, -0.05) is 122 Å². The number of Topliss-reactive ketones (excluding diaryl/α,β-unsaturated/α-hetero) is 1. The molecule has 2 saturated carbocycles. The minimum atomic E-state index is -2.63. The smallest absolute Gasteiger partial charge is 0.456 e. The lowest BCUT2D eigenvalue weighted by Gasteiger charge is -2.67. The number of aliphatic hydroxyl groups excluding tert-OH is 1. The van der Waals surface area contributed by atoms with Crippen molar-refractivity contribution in [1.29, 1.82) is 0 Å². The summed E-state index contributed by atoms with van der Waals surface area (Å²) in [5.74, 6) is -6.89. The van der Waals surface area contributed by atoms with Gasteiger partial charge in [0.25, 0.3) is 5.91 Å². The number of esters is 3. The van der Waals surface area contributed by atoms with Crippen LogP contribution in [0.5, 0.6) is 0 Å². The standard InChI is InChI=1S/C48H56Cl6N2O17/c1-23-27(69-39(62)31(58)34(42(3,4)5)55-37(60)26-16-13-17-56(26)9)19-46(65)36(72-38(61)25-14-11-10-12-15-25)33-44(8,35(59)32(30(23)43(46,6)7)71-41(64)68-22-48(52,53)54)28(70-40(63)67-21-47(49,50)51)18-29-45(33,20-66-29)73-24(2)57/h10-17,27-29,31-34,36,58,65H,18-22H2,1-9H3,(H,55,60)/t27-,28-,29+,31+,32+,33-,34+,36-,44+,45-,46+/m0/s1. The summed E-state index contributed by atoms with van der Waals surface area (Å²) < 4.78 is 44.0. The number of alkyl halides is 6. The van der Waals surface area contributed by atoms with E-state index < -0.39 is 158 Å². The molecule has 0 radical (unpaired) electrons. The Morgan fingerprint density at radius 1 is 0.877 bits per heavy atom. The minimum absolute atomic E-state index is 0.0204. The van der Waals surface area contributed by atoms with Crippen LogP contribution in [-0.2, 0) is 59.3 Å². The molecule has 1 aromatic carbocycles. The number of aryl methyl sites for hydroxylation is 1. The Morgan fingerprint density at radius 3 is 1.97 bits per heavy atom. The first-order valence-corrected chi connectivity index (χ1v) is 25.0. The van der Waals surface area contributed by atoms with Gasteiger partial charge in [-0.25, -0.2) is 19.2 Å². The van der Waals surface area contributed by atoms with Crippen molar-refractivity contribution < 1.29 is 81.7 Å². The predicted octanol–water partition coefficient (Wildman–Crippen LogP) is 7.24. The number of carbonyl (C=O) groups is 7. The molecule has 0 spiro atoms. The number of nitrogens with zero attached hydrogens (tertiary/aromatic N) is 1. The van der Waals surface area contributed by atoms with Crippen molar-refractivity contribution in [2.45, 2.75) is 130 Å². The van der Waals surface area contributed by atoms with Crippen molar-refractivity contribution in [1.82, 2.24) is 9.88 Å². The highest BCUT2D eigenvalue weighted by molar-refractivity contribution is 6.68. The van der Waals surface area contributed by atoms with Gasteiger partial charge in [-0.05, 0) is 54.7 Å². The maximum absolute atomic E-state index is 16.3. The van der Waals surface area contributed by atoms with Crippen molar-refractivity contribution >= 4 is 112 Å². The molecule has 0 unspecified atom stereocenters. The van der Waals surface area contributed by atoms with Gasteiger partial charge in [0.05, 0.1) is 29.5 Å². The average molecular weight is 1150 g/mol. The van der Waals surface area contributed by atoms with Crippen LogP contribution in [0.25, 0.3) is 0 Å². The van der Waals surface area contributed by atoms with E-state index in [2.05, 4.69) is 5.32 Å². The van der Waals surface area contributed by atoms with Crippen LogP contribution in [0.4, 0.5) is 9.59 Å². The second-order valence-corrected chi connectivity index (χ2v) is 25.4. The number of rotatable bonds is 12. The molecule has 3 aliphatic carbocycles. The number of halogens is 6. The van der Waals surface area contributed by atoms with Gasteiger partial charge in [-0.3, -0.25) is 14.4 Å². The van der Waals surface area contributed by atoms with Crippen LogP contribution in [0, 0.1) is 22.2 Å². The minimum Gasteiger partial charge on any atom is -0.456 e. The number of hydrogen-bond donors (Lipinski definition) is 3. The first-order valence-electron chi connectivity index (χ1n) is 22.7. The molecule has 4 aliphatic rings. The van der Waals surface area contributed by atoms with E-state index in [9.17, 15) is 39.0 Å². The van der Waals surface area contributed by atoms with Crippen molar-refractivity contribution in [2.75, 3.05) is 19.8 Å². The lowest BCUT2D eigenvalue weighted by molar-refractivity contribution is -0.346. The Hall–Kier alpha value is -4.05. The molecule has 73 heavy (non-hydrogen) atoms. The third kappa shape index (κ3) is 11.7. The van der Waals surface area contributed by atoms with Crippen molar-refractivity contribution in [3.05, 3.63) is 71.1 Å². The highest BCUT2D eigenvalue weighted by atomic mass is 35.6. The topological polar surface area (TPSA) is 251 Å². The second kappa shape index (κ2) is 21.2. The molecule has 6 rings (SSSR count). The Bertz CT molecular complexity index is 2520. The number of nitrogens with one attached hydrogen (secondary N) is 1. The molecule has 1 amide bonds. The van der Waals surface area contributed by atoms with Crippen LogP contribution in [0.1, 0.15) is 89.1 Å². The normalized spacial score (nSPS) is 29.5. The van der Waals surface area contributed by atoms with E-state index >= 15 is 4.79 Å². The fourth-order valence-corrected chi connectivity index (χ4v) is 10.9. The molecule has 3 N–H and O–H groups in total. The third-order valence-electron chi connectivity index (χ3n) is 14.2. The average Bonchev–Trinajstić information content (AvgIpc) is 3.72. The zero-order valence-corrected chi connectivity index (χ0v) is 45.5. The largest absolute Gasteiger partial charge is 0.509 e. The van der Waals surface area contributed by atoms with Gasteiger partial charge in [0.15, 0.2) is 23.6 Å². The summed E-state index contributed by atoms with van der Waals surface area (Å²) in [7, 11) is 1.63. The van der Waals surface area contributed by atoms with Gasteiger partial charge >= 0.3 is 30.2 Å². The molecule has 2 bridgehead atoms. The van der Waals surface area contributed by atoms with E-state index in [4.69, 9.17) is 108 Å². The van der Waals surface area contributed by atoms with Crippen LogP contribution >= 0.6 is 69.6 Å². The summed E-state index contributed by atoms with van der Waals surface area (Å²) >= 11 is 35.4. The number of ether oxygens (including phenoxy) is 8. The van der Waals surface area contributed by atoms with E-state index in [1.807, 2.05) is 0 Å². The van der Waals surface area contributed by atoms with Gasteiger partial charge in [0.2, 0.25) is 7.59 Å². The molecule has 19 nitrogen and oxygen atoms in total. The number of hydrogen-bond acceptors (Lipinski definition) is 17. The summed E-state index contributed by atoms with van der Waals surface area (Å²) in [5, 5.41) is 28.6. The van der Waals surface area contributed by atoms with E-state index in [-0.39, 0.29) is 22.4 Å². The van der Waals surface area contributed by atoms with Crippen molar-refractivity contribution in [3.8, 4) is 0 Å². The first-order chi connectivity index (χ1) is 33.6. The Morgan fingerprint density at radius 2 is 1.47 bits per heavy atom. The molecular weight excluding hydrogens is 1090 g/mol. The van der Waals surface area contributed by atoms with Crippen LogP contribution in [0.15, 0.2) is 59.8 Å². The maximum atomic E-state index is 16.3. The fraction of sp³-hybridized carbons (Fsp3) is 0.604. The molecule has 1 aromatic heterocycles. The molecule has 3 fully saturated rings. The SMILES string of the molecule is CC(=O)O[C@@]12CO[C@@H]1C[C@H](OC(=O)OCC(Cl)(Cl)Cl)[C@@]1(C)C(=O)[C@H](OC(=O)OCC(Cl)(Cl)Cl)C3=C(C)[C@@H](OC(=O)[C@H](O)[C@@H](NC(=O)c4cccn4C)C(C)(C)C)C[C@@](O)([C@@H](OC(=O)c4ccccc4)[C@H]21)C3(C)C. The number of aromatic nitrogens is 1. The maximum Gasteiger partial charge on any atom is 0.509 e. The highest BCUT2D eigenvalue weighted by Gasteiger charge is 2.79. The van der Waals surface area contributed by atoms with Gasteiger partial charge < -0.3 is 58.0 Å². The number of fused-ring (bicyclic) bond motifs is 5. The summed E-state index contributed by atoms with van der Waals surface area (Å²) in [5.41, 5.74) is -10.1. The van der Waals surface area contributed by atoms with Crippen molar-refractivity contribution in [3.63, 3.8) is 0 Å². The third-order valence-corrected chi connectivity index (χ3v) is 14.9. The predicted molar refractivity (Wildman–Crippen MR) is 262 cm³/mol. The van der Waals surface area contributed by atoms with E-state index in [0.29, 0.717) is 0 Å². The zero-order chi connectivity index (χ0) is 54.6. The van der Waals surface area contributed by atoms with Crippen LogP contribution in [0.3, 0.4) is 0 Å². The van der Waals surface area contributed by atoms with E-state index in [0.717, 1.165) is 6.92 Å². The number of carbonyl (C=O) groups excluding carboxylic acids is 7. The van der Waals surface area contributed by atoms with Gasteiger partial charge in [0.1, 0.15) is 48.9 Å². The Labute approximate surface area is 450 Å². The van der Waals surface area contributed by atoms with Crippen LogP contribution < -0.4 is 5.32 Å². The molecule has 2 aromatic rings. The zero-order valence-electron chi connectivity index (χ0n) is 41.0. The summed E-state index contributed by atoms with van der Waals surface area (Å²) in [6.45, 7) is 9.36. The molecule has 25 heteroatoms. The number of benzene rings is 1. The van der Waals surface area contributed by atoms with Gasteiger partial charge in [-0.15, -0.1) is 0 Å². The molecule has 11 atom stereocenters. The van der Waals surface area contributed by atoms with Crippen LogP contribution in [0.2, 0.25) is 0 Å². The molecule has 1 aliphatic heterocycles. The summed E-state index contributed by atoms with van der Waals surface area (Å²) in [4.78, 5) is 99.7. The van der Waals surface area contributed by atoms with Gasteiger partial charge in [-0.2, -0.15) is 0 Å². The Balaban J connectivity index is 1.60. The second-order valence-electron chi connectivity index (χ2n) is 20.4. The van der Waals surface area contributed by atoms with E-state index in [1.54, 1.807) is 46.1 Å². The quantitative estimate of drug-likeness (QED) is 0.0820. The fourth-order valence-electron chi connectivity index (χ4n) is 10.6. The lowest BCUT2D eigenvalue weighted by atomic mass is 9.44. The molecule has 2 heterocycles. The monoisotopic (exact) mass is 1140 g/mol. The Kier molecular flexibility index (Phi) is 16.9. The first kappa shape index (κ1) is 58.2. The number of ketones is 1. The summed E-state index contributed by atoms with van der Waals surface area (Å²) in [6, 6.07) is 9.36. The highest BCUT2D eigenvalue weighted by Crippen LogP contribution is 2.65. The lowest BCUT2D eigenvalue weighted by Crippen LogP contribution is -2.82. The number of amides is 1. The molecule has 402 valence electrons. The van der Waals surface area contributed by atoms with E-state index in [1.165, 1.54) is 62.6 Å². The number of aliphatic hydroxyl groups is 2. The molecule has 1 saturated heterocycles. The summed E-state index contributed by atoms with van der Waals surface area (Å²) in [6.07, 6.45) is -13.7. The van der Waals surface area contributed by atoms with Crippen LogP contribution in [-0.4, -0.2) is 138 Å². The molecular formula is C48H56Cl6N2O17. The van der Waals surface area contributed by atoms with Gasteiger partial charge in [0, 0.05) is 38.4 Å².